The summed E-state index contributed by atoms with van der Waals surface area (Å²) >= 11 is 0. The zero-order chi connectivity index (χ0) is 19.6. The maximum absolute atomic E-state index is 12.8. The number of carbonyl (C=O) groups excluding carboxylic acids is 1. The van der Waals surface area contributed by atoms with Gasteiger partial charge in [-0.2, -0.15) is 0 Å². The zero-order valence-electron chi connectivity index (χ0n) is 16.5. The van der Waals surface area contributed by atoms with Crippen molar-refractivity contribution < 1.29 is 9.53 Å². The molecule has 2 heterocycles. The van der Waals surface area contributed by atoms with Crippen molar-refractivity contribution in [2.75, 3.05) is 12.3 Å². The number of aryl methyl sites for hydroxylation is 1. The van der Waals surface area contributed by atoms with Gasteiger partial charge in [0.25, 0.3) is 0 Å². The third-order valence-electron chi connectivity index (χ3n) is 4.92. The van der Waals surface area contributed by atoms with E-state index in [1.807, 2.05) is 28.8 Å². The van der Waals surface area contributed by atoms with Crippen LogP contribution in [0.3, 0.4) is 0 Å². The Morgan fingerprint density at radius 2 is 1.85 bits per heavy atom. The summed E-state index contributed by atoms with van der Waals surface area (Å²) < 4.78 is 7.42. The molecule has 0 aliphatic heterocycles. The van der Waals surface area contributed by atoms with E-state index in [2.05, 4.69) is 27.7 Å². The molecule has 0 aliphatic carbocycles. The average molecular weight is 368 g/mol. The van der Waals surface area contributed by atoms with Crippen LogP contribution in [0.15, 0.2) is 24.3 Å². The second-order valence-electron chi connectivity index (χ2n) is 7.59. The van der Waals surface area contributed by atoms with Crippen LogP contribution in [0, 0.1) is 11.8 Å². The number of rotatable bonds is 7. The number of benzene rings is 1. The number of hydrogen-bond acceptors (Lipinski definition) is 5. The van der Waals surface area contributed by atoms with Gasteiger partial charge in [-0.25, -0.2) is 14.8 Å². The molecule has 0 saturated carbocycles. The lowest BCUT2D eigenvalue weighted by Crippen LogP contribution is -2.14. The predicted octanol–water partition coefficient (Wildman–Crippen LogP) is 4.42. The molecule has 1 atom stereocenters. The standard InChI is InChI=1S/C21H28N4O2/c1-5-14(4)12-27-21(26)17-18-20(25(19(17)22)11-10-13(2)3)24-16-9-7-6-8-15(16)23-18/h6-9,13-14H,5,10-12,22H2,1-4H3/t14-/m1/s1. The molecule has 6 heteroatoms. The van der Waals surface area contributed by atoms with Gasteiger partial charge in [-0.05, 0) is 30.4 Å². The lowest BCUT2D eigenvalue weighted by atomic mass is 10.1. The van der Waals surface area contributed by atoms with Gasteiger partial charge in [0.1, 0.15) is 16.9 Å². The lowest BCUT2D eigenvalue weighted by Gasteiger charge is -2.11. The number of ether oxygens (including phenoxy) is 1. The molecule has 0 saturated heterocycles. The van der Waals surface area contributed by atoms with Gasteiger partial charge in [-0.15, -0.1) is 0 Å². The normalized spacial score (nSPS) is 12.8. The molecule has 0 fully saturated rings. The topological polar surface area (TPSA) is 83.0 Å². The van der Waals surface area contributed by atoms with Gasteiger partial charge in [-0.1, -0.05) is 46.2 Å². The Morgan fingerprint density at radius 1 is 1.19 bits per heavy atom. The van der Waals surface area contributed by atoms with Crippen LogP contribution in [0.25, 0.3) is 22.2 Å². The number of hydrogen-bond donors (Lipinski definition) is 1. The Balaban J connectivity index is 2.11. The quantitative estimate of drug-likeness (QED) is 0.624. The Labute approximate surface area is 159 Å². The van der Waals surface area contributed by atoms with Crippen LogP contribution < -0.4 is 5.73 Å². The molecule has 3 rings (SSSR count). The number of fused-ring (bicyclic) bond motifs is 2. The summed E-state index contributed by atoms with van der Waals surface area (Å²) in [6.07, 6.45) is 1.88. The van der Waals surface area contributed by atoms with Crippen molar-refractivity contribution >= 4 is 34.0 Å². The molecule has 2 aromatic heterocycles. The first kappa shape index (κ1) is 19.1. The minimum absolute atomic E-state index is 0.302. The first-order chi connectivity index (χ1) is 12.9. The summed E-state index contributed by atoms with van der Waals surface area (Å²) in [6.45, 7) is 9.49. The maximum Gasteiger partial charge on any atom is 0.344 e. The molecule has 6 nitrogen and oxygen atoms in total. The van der Waals surface area contributed by atoms with Crippen molar-refractivity contribution in [1.29, 1.82) is 0 Å². The summed E-state index contributed by atoms with van der Waals surface area (Å²) in [5.74, 6) is 0.772. The first-order valence-corrected chi connectivity index (χ1v) is 9.63. The van der Waals surface area contributed by atoms with Crippen LogP contribution in [-0.4, -0.2) is 27.1 Å². The van der Waals surface area contributed by atoms with Crippen LogP contribution in [-0.2, 0) is 11.3 Å². The molecule has 2 N–H and O–H groups in total. The van der Waals surface area contributed by atoms with Gasteiger partial charge in [0.05, 0.1) is 17.6 Å². The summed E-state index contributed by atoms with van der Waals surface area (Å²) in [6, 6.07) is 7.63. The highest BCUT2D eigenvalue weighted by Gasteiger charge is 2.25. The Morgan fingerprint density at radius 3 is 2.48 bits per heavy atom. The van der Waals surface area contributed by atoms with E-state index in [9.17, 15) is 4.79 Å². The third kappa shape index (κ3) is 3.89. The summed E-state index contributed by atoms with van der Waals surface area (Å²) in [5, 5.41) is 0. The third-order valence-corrected chi connectivity index (χ3v) is 4.92. The molecule has 27 heavy (non-hydrogen) atoms. The highest BCUT2D eigenvalue weighted by molar-refractivity contribution is 6.08. The molecule has 0 amide bonds. The van der Waals surface area contributed by atoms with E-state index < -0.39 is 5.97 Å². The molecular weight excluding hydrogens is 340 g/mol. The van der Waals surface area contributed by atoms with Crippen LogP contribution in [0.4, 0.5) is 5.82 Å². The fraction of sp³-hybridized carbons (Fsp3) is 0.476. The van der Waals surface area contributed by atoms with Gasteiger partial charge < -0.3 is 15.0 Å². The Kier molecular flexibility index (Phi) is 5.63. The predicted molar refractivity (Wildman–Crippen MR) is 109 cm³/mol. The van der Waals surface area contributed by atoms with E-state index >= 15 is 0 Å². The van der Waals surface area contributed by atoms with Crippen molar-refractivity contribution in [3.05, 3.63) is 29.8 Å². The fourth-order valence-corrected chi connectivity index (χ4v) is 2.94. The van der Waals surface area contributed by atoms with Crippen molar-refractivity contribution in [2.45, 2.75) is 47.1 Å². The lowest BCUT2D eigenvalue weighted by molar-refractivity contribution is 0.0450. The molecule has 0 spiro atoms. The van der Waals surface area contributed by atoms with E-state index in [4.69, 9.17) is 20.4 Å². The minimum Gasteiger partial charge on any atom is -0.462 e. The molecule has 0 aliphatic rings. The van der Waals surface area contributed by atoms with Gasteiger partial charge in [0.2, 0.25) is 0 Å². The van der Waals surface area contributed by atoms with E-state index in [0.29, 0.717) is 47.5 Å². The molecular formula is C21H28N4O2. The molecule has 144 valence electrons. The molecule has 0 radical (unpaired) electrons. The summed E-state index contributed by atoms with van der Waals surface area (Å²) in [4.78, 5) is 22.2. The molecule has 3 aromatic rings. The van der Waals surface area contributed by atoms with E-state index in [0.717, 1.165) is 23.9 Å². The SMILES string of the molecule is CC[C@@H](C)COC(=O)c1c(N)n(CCC(C)C)c2nc3ccccc3nc12. The number of esters is 1. The minimum atomic E-state index is -0.425. The average Bonchev–Trinajstić information content (AvgIpc) is 2.92. The van der Waals surface area contributed by atoms with Gasteiger partial charge in [0, 0.05) is 6.54 Å². The number of para-hydroxylation sites is 2. The maximum atomic E-state index is 12.8. The number of carbonyl (C=O) groups is 1. The number of nitrogen functional groups attached to an aromatic ring is 1. The van der Waals surface area contributed by atoms with E-state index in [1.54, 1.807) is 0 Å². The van der Waals surface area contributed by atoms with Crippen molar-refractivity contribution in [3.63, 3.8) is 0 Å². The molecule has 0 unspecified atom stereocenters. The van der Waals surface area contributed by atoms with Crippen LogP contribution in [0.1, 0.15) is 50.9 Å². The number of anilines is 1. The zero-order valence-corrected chi connectivity index (χ0v) is 16.5. The number of nitrogens with zero attached hydrogens (tertiary/aromatic N) is 3. The highest BCUT2D eigenvalue weighted by atomic mass is 16.5. The Hall–Kier alpha value is -2.63. The molecule has 0 bridgehead atoms. The monoisotopic (exact) mass is 368 g/mol. The van der Waals surface area contributed by atoms with E-state index in [1.165, 1.54) is 0 Å². The van der Waals surface area contributed by atoms with E-state index in [-0.39, 0.29) is 0 Å². The van der Waals surface area contributed by atoms with Crippen LogP contribution in [0.5, 0.6) is 0 Å². The number of aromatic nitrogens is 3. The summed E-state index contributed by atoms with van der Waals surface area (Å²) in [7, 11) is 0. The largest absolute Gasteiger partial charge is 0.462 e. The van der Waals surface area contributed by atoms with Crippen molar-refractivity contribution in [2.24, 2.45) is 11.8 Å². The number of nitrogens with two attached hydrogens (primary N) is 1. The Bertz CT molecular complexity index is 962. The smallest absolute Gasteiger partial charge is 0.344 e. The molecule has 1 aromatic carbocycles. The second-order valence-corrected chi connectivity index (χ2v) is 7.59. The van der Waals surface area contributed by atoms with Gasteiger partial charge in [0.15, 0.2) is 5.65 Å². The van der Waals surface area contributed by atoms with Crippen molar-refractivity contribution in [1.82, 2.24) is 14.5 Å². The van der Waals surface area contributed by atoms with Crippen molar-refractivity contribution in [3.8, 4) is 0 Å². The summed E-state index contributed by atoms with van der Waals surface area (Å²) in [5.41, 5.74) is 9.40. The first-order valence-electron chi connectivity index (χ1n) is 9.63. The van der Waals surface area contributed by atoms with Gasteiger partial charge in [-0.3, -0.25) is 0 Å². The highest BCUT2D eigenvalue weighted by Crippen LogP contribution is 2.29. The second kappa shape index (κ2) is 7.94. The van der Waals surface area contributed by atoms with Crippen LogP contribution in [0.2, 0.25) is 0 Å². The van der Waals surface area contributed by atoms with Gasteiger partial charge >= 0.3 is 5.97 Å². The fourth-order valence-electron chi connectivity index (χ4n) is 2.94. The van der Waals surface area contributed by atoms with Crippen LogP contribution >= 0.6 is 0 Å².